The van der Waals surface area contributed by atoms with Crippen molar-refractivity contribution in [2.75, 3.05) is 0 Å². The molecular formula is C11H16O4. The summed E-state index contributed by atoms with van der Waals surface area (Å²) < 4.78 is 5.42. The van der Waals surface area contributed by atoms with E-state index in [9.17, 15) is 9.90 Å². The minimum Gasteiger partial charge on any atom is -0.478 e. The van der Waals surface area contributed by atoms with E-state index in [4.69, 9.17) is 9.52 Å². The lowest BCUT2D eigenvalue weighted by Gasteiger charge is -2.16. The first-order chi connectivity index (χ1) is 6.79. The molecule has 4 heteroatoms. The van der Waals surface area contributed by atoms with E-state index in [1.165, 1.54) is 0 Å². The number of aliphatic hydroxyl groups is 1. The van der Waals surface area contributed by atoms with Crippen LogP contribution in [0.4, 0.5) is 0 Å². The molecule has 1 rings (SSSR count). The summed E-state index contributed by atoms with van der Waals surface area (Å²) in [7, 11) is 0. The van der Waals surface area contributed by atoms with Gasteiger partial charge in [0, 0.05) is 11.0 Å². The maximum Gasteiger partial charge on any atom is 0.339 e. The molecule has 4 nitrogen and oxygen atoms in total. The average molecular weight is 212 g/mol. The highest BCUT2D eigenvalue weighted by molar-refractivity contribution is 5.90. The lowest BCUT2D eigenvalue weighted by Crippen LogP contribution is -2.13. The standard InChI is InChI=1S/C11H16O4/c1-6-8(10(13)14)7(5-12)9(15-6)11(2,3)4/h12H,5H2,1-4H3,(H,13,14). The minimum atomic E-state index is -1.06. The number of hydrogen-bond donors (Lipinski definition) is 2. The number of furan rings is 1. The van der Waals surface area contributed by atoms with Gasteiger partial charge in [0.25, 0.3) is 0 Å². The summed E-state index contributed by atoms with van der Waals surface area (Å²) in [5.41, 5.74) is 0.159. The Morgan fingerprint density at radius 1 is 1.40 bits per heavy atom. The number of aliphatic hydroxyl groups excluding tert-OH is 1. The topological polar surface area (TPSA) is 70.7 Å². The second-order valence-corrected chi connectivity index (χ2v) is 4.55. The molecule has 0 fully saturated rings. The van der Waals surface area contributed by atoms with Crippen molar-refractivity contribution in [3.63, 3.8) is 0 Å². The molecule has 15 heavy (non-hydrogen) atoms. The third kappa shape index (κ3) is 2.04. The molecule has 84 valence electrons. The van der Waals surface area contributed by atoms with Crippen LogP contribution in [0.3, 0.4) is 0 Å². The zero-order valence-corrected chi connectivity index (χ0v) is 9.42. The second kappa shape index (κ2) is 3.70. The van der Waals surface area contributed by atoms with E-state index in [1.54, 1.807) is 6.92 Å². The molecule has 0 aliphatic rings. The van der Waals surface area contributed by atoms with Crippen LogP contribution in [-0.4, -0.2) is 16.2 Å². The summed E-state index contributed by atoms with van der Waals surface area (Å²) in [6, 6.07) is 0. The van der Waals surface area contributed by atoms with Gasteiger partial charge in [0.05, 0.1) is 6.61 Å². The third-order valence-corrected chi connectivity index (χ3v) is 2.24. The normalized spacial score (nSPS) is 11.8. The molecule has 0 aliphatic carbocycles. The van der Waals surface area contributed by atoms with Gasteiger partial charge in [0.15, 0.2) is 0 Å². The molecule has 1 aromatic rings. The Morgan fingerprint density at radius 2 is 1.93 bits per heavy atom. The Hall–Kier alpha value is -1.29. The molecule has 1 aromatic heterocycles. The van der Waals surface area contributed by atoms with Crippen LogP contribution in [0.25, 0.3) is 0 Å². The first kappa shape index (κ1) is 11.8. The summed E-state index contributed by atoms with van der Waals surface area (Å²) in [6.45, 7) is 7.02. The fourth-order valence-corrected chi connectivity index (χ4v) is 1.63. The van der Waals surface area contributed by atoms with Gasteiger partial charge >= 0.3 is 5.97 Å². The summed E-state index contributed by atoms with van der Waals surface area (Å²) in [5.74, 6) is -0.174. The van der Waals surface area contributed by atoms with Crippen LogP contribution in [0.15, 0.2) is 4.42 Å². The van der Waals surface area contributed by atoms with E-state index < -0.39 is 5.97 Å². The van der Waals surface area contributed by atoms with Crippen LogP contribution in [0.2, 0.25) is 0 Å². The first-order valence-corrected chi connectivity index (χ1v) is 4.76. The van der Waals surface area contributed by atoms with Crippen molar-refractivity contribution in [3.05, 3.63) is 22.6 Å². The van der Waals surface area contributed by atoms with E-state index in [-0.39, 0.29) is 17.6 Å². The molecule has 0 saturated carbocycles. The molecule has 0 spiro atoms. The molecule has 0 saturated heterocycles. The highest BCUT2D eigenvalue weighted by atomic mass is 16.4. The summed E-state index contributed by atoms with van der Waals surface area (Å²) in [5, 5.41) is 18.2. The van der Waals surface area contributed by atoms with E-state index in [0.717, 1.165) is 0 Å². The van der Waals surface area contributed by atoms with Crippen molar-refractivity contribution in [2.24, 2.45) is 0 Å². The Kier molecular flexibility index (Phi) is 2.90. The van der Waals surface area contributed by atoms with Crippen LogP contribution >= 0.6 is 0 Å². The number of hydrogen-bond acceptors (Lipinski definition) is 3. The van der Waals surface area contributed by atoms with E-state index in [0.29, 0.717) is 17.1 Å². The van der Waals surface area contributed by atoms with Crippen LogP contribution in [0.1, 0.15) is 48.2 Å². The summed E-state index contributed by atoms with van der Waals surface area (Å²) >= 11 is 0. The third-order valence-electron chi connectivity index (χ3n) is 2.24. The number of rotatable bonds is 2. The minimum absolute atomic E-state index is 0.0856. The van der Waals surface area contributed by atoms with Gasteiger partial charge in [-0.15, -0.1) is 0 Å². The molecule has 0 aliphatic heterocycles. The highest BCUT2D eigenvalue weighted by Crippen LogP contribution is 2.32. The molecule has 0 unspecified atom stereocenters. The summed E-state index contributed by atoms with van der Waals surface area (Å²) in [6.07, 6.45) is 0. The fraction of sp³-hybridized carbons (Fsp3) is 0.545. The number of carbonyl (C=O) groups is 1. The van der Waals surface area contributed by atoms with Crippen molar-refractivity contribution >= 4 is 5.97 Å². The van der Waals surface area contributed by atoms with Gasteiger partial charge in [-0.3, -0.25) is 0 Å². The molecule has 0 radical (unpaired) electrons. The van der Waals surface area contributed by atoms with Crippen LogP contribution < -0.4 is 0 Å². The molecule has 0 aromatic carbocycles. The largest absolute Gasteiger partial charge is 0.478 e. The van der Waals surface area contributed by atoms with Crippen molar-refractivity contribution in [1.82, 2.24) is 0 Å². The molecular weight excluding hydrogens is 196 g/mol. The van der Waals surface area contributed by atoms with Gasteiger partial charge in [0.2, 0.25) is 0 Å². The van der Waals surface area contributed by atoms with Gasteiger partial charge in [-0.1, -0.05) is 20.8 Å². The molecule has 1 heterocycles. The monoisotopic (exact) mass is 212 g/mol. The van der Waals surface area contributed by atoms with E-state index >= 15 is 0 Å². The first-order valence-electron chi connectivity index (χ1n) is 4.76. The maximum absolute atomic E-state index is 11.0. The fourth-order valence-electron chi connectivity index (χ4n) is 1.63. The van der Waals surface area contributed by atoms with Crippen LogP contribution in [-0.2, 0) is 12.0 Å². The van der Waals surface area contributed by atoms with Crippen LogP contribution in [0, 0.1) is 6.92 Å². The molecule has 2 N–H and O–H groups in total. The van der Waals surface area contributed by atoms with Gasteiger partial charge in [-0.05, 0) is 6.92 Å². The predicted molar refractivity (Wildman–Crippen MR) is 55.0 cm³/mol. The highest BCUT2D eigenvalue weighted by Gasteiger charge is 2.29. The van der Waals surface area contributed by atoms with Gasteiger partial charge in [0.1, 0.15) is 17.1 Å². The number of aryl methyl sites for hydroxylation is 1. The zero-order chi connectivity index (χ0) is 11.8. The van der Waals surface area contributed by atoms with E-state index in [1.807, 2.05) is 20.8 Å². The number of aromatic carboxylic acids is 1. The van der Waals surface area contributed by atoms with Gasteiger partial charge in [-0.25, -0.2) is 4.79 Å². The number of carboxylic acids is 1. The zero-order valence-electron chi connectivity index (χ0n) is 9.42. The molecule has 0 atom stereocenters. The van der Waals surface area contributed by atoms with Crippen molar-refractivity contribution in [3.8, 4) is 0 Å². The Balaban J connectivity index is 3.45. The van der Waals surface area contributed by atoms with Crippen molar-refractivity contribution < 1.29 is 19.4 Å². The van der Waals surface area contributed by atoms with Crippen LogP contribution in [0.5, 0.6) is 0 Å². The van der Waals surface area contributed by atoms with Crippen molar-refractivity contribution in [2.45, 2.75) is 39.7 Å². The average Bonchev–Trinajstić information content (AvgIpc) is 2.41. The lowest BCUT2D eigenvalue weighted by molar-refractivity contribution is 0.0692. The van der Waals surface area contributed by atoms with E-state index in [2.05, 4.69) is 0 Å². The molecule has 0 amide bonds. The van der Waals surface area contributed by atoms with Gasteiger partial charge in [-0.2, -0.15) is 0 Å². The second-order valence-electron chi connectivity index (χ2n) is 4.55. The smallest absolute Gasteiger partial charge is 0.339 e. The maximum atomic E-state index is 11.0. The Labute approximate surface area is 88.5 Å². The SMILES string of the molecule is Cc1oc(C(C)(C)C)c(CO)c1C(=O)O. The predicted octanol–water partition coefficient (Wildman–Crippen LogP) is 2.08. The number of carboxylic acid groups (broad SMARTS) is 1. The van der Waals surface area contributed by atoms with Crippen molar-refractivity contribution in [1.29, 1.82) is 0 Å². The Morgan fingerprint density at radius 3 is 2.27 bits per heavy atom. The summed E-state index contributed by atoms with van der Waals surface area (Å²) in [4.78, 5) is 11.0. The Bertz CT molecular complexity index is 382. The quantitative estimate of drug-likeness (QED) is 0.787. The molecule has 0 bridgehead atoms. The van der Waals surface area contributed by atoms with Gasteiger partial charge < -0.3 is 14.6 Å². The lowest BCUT2D eigenvalue weighted by atomic mass is 9.89.